The molecule has 0 bridgehead atoms. The summed E-state index contributed by atoms with van der Waals surface area (Å²) >= 11 is 6.86. The van der Waals surface area contributed by atoms with E-state index < -0.39 is 24.5 Å². The van der Waals surface area contributed by atoms with Crippen molar-refractivity contribution in [1.82, 2.24) is 5.32 Å². The third-order valence-electron chi connectivity index (χ3n) is 3.32. The average Bonchev–Trinajstić information content (AvgIpc) is 3.04. The number of anilines is 1. The molecule has 2 rings (SSSR count). The number of alkyl halides is 3. The largest absolute Gasteiger partial charge is 0.405 e. The van der Waals surface area contributed by atoms with Crippen molar-refractivity contribution in [1.29, 1.82) is 0 Å². The zero-order valence-electron chi connectivity index (χ0n) is 13.7. The SMILES string of the molecule is O=C(CCC(=O)c1ccc(Cl)s1)Nc1ccccc1C(=O)NCC(F)(F)F. The molecule has 0 aliphatic heterocycles. The van der Waals surface area contributed by atoms with Gasteiger partial charge in [-0.15, -0.1) is 11.3 Å². The molecule has 0 saturated heterocycles. The first-order valence-electron chi connectivity index (χ1n) is 7.68. The van der Waals surface area contributed by atoms with Crippen LogP contribution in [0.25, 0.3) is 0 Å². The zero-order chi connectivity index (χ0) is 20.0. The Kier molecular flexibility index (Phi) is 6.98. The molecule has 10 heteroatoms. The maximum atomic E-state index is 12.2. The Hall–Kier alpha value is -2.39. The fraction of sp³-hybridized carbons (Fsp3) is 0.235. The van der Waals surface area contributed by atoms with Gasteiger partial charge < -0.3 is 10.6 Å². The first-order valence-corrected chi connectivity index (χ1v) is 8.87. The quantitative estimate of drug-likeness (QED) is 0.658. The van der Waals surface area contributed by atoms with Crippen molar-refractivity contribution in [3.63, 3.8) is 0 Å². The number of benzene rings is 1. The van der Waals surface area contributed by atoms with Gasteiger partial charge in [-0.05, 0) is 24.3 Å². The van der Waals surface area contributed by atoms with Crippen LogP contribution in [-0.4, -0.2) is 30.3 Å². The summed E-state index contributed by atoms with van der Waals surface area (Å²) in [6.07, 6.45) is -4.75. The number of amides is 2. The van der Waals surface area contributed by atoms with Crippen molar-refractivity contribution >= 4 is 46.2 Å². The van der Waals surface area contributed by atoms with Crippen molar-refractivity contribution in [2.75, 3.05) is 11.9 Å². The van der Waals surface area contributed by atoms with Crippen LogP contribution in [-0.2, 0) is 4.79 Å². The number of carbonyl (C=O) groups is 3. The number of thiophene rings is 1. The minimum absolute atomic E-state index is 0.0637. The lowest BCUT2D eigenvalue weighted by atomic mass is 10.1. The molecule has 144 valence electrons. The minimum Gasteiger partial charge on any atom is -0.343 e. The second-order valence-corrected chi connectivity index (χ2v) is 7.13. The van der Waals surface area contributed by atoms with Crippen LogP contribution in [0.15, 0.2) is 36.4 Å². The van der Waals surface area contributed by atoms with Gasteiger partial charge in [0, 0.05) is 12.8 Å². The lowest BCUT2D eigenvalue weighted by molar-refractivity contribution is -0.123. The number of ketones is 1. The third kappa shape index (κ3) is 6.69. The number of Topliss-reactive ketones (excluding diaryl/α,β-unsaturated/α-hetero) is 1. The summed E-state index contributed by atoms with van der Waals surface area (Å²) < 4.78 is 37.2. The topological polar surface area (TPSA) is 75.3 Å². The molecule has 2 N–H and O–H groups in total. The van der Waals surface area contributed by atoms with Gasteiger partial charge in [-0.3, -0.25) is 14.4 Å². The molecule has 27 heavy (non-hydrogen) atoms. The number of halogens is 4. The number of hydrogen-bond acceptors (Lipinski definition) is 4. The first-order chi connectivity index (χ1) is 12.7. The highest BCUT2D eigenvalue weighted by molar-refractivity contribution is 7.18. The highest BCUT2D eigenvalue weighted by atomic mass is 35.5. The lowest BCUT2D eigenvalue weighted by Gasteiger charge is -2.12. The molecule has 0 unspecified atom stereocenters. The highest BCUT2D eigenvalue weighted by Crippen LogP contribution is 2.23. The Labute approximate surface area is 161 Å². The number of nitrogens with one attached hydrogen (secondary N) is 2. The van der Waals surface area contributed by atoms with Crippen LogP contribution in [0.5, 0.6) is 0 Å². The van der Waals surface area contributed by atoms with Gasteiger partial charge in [0.15, 0.2) is 5.78 Å². The molecular formula is C17H14ClF3N2O3S. The van der Waals surface area contributed by atoms with Crippen LogP contribution in [0, 0.1) is 0 Å². The molecule has 1 aromatic heterocycles. The molecular weight excluding hydrogens is 405 g/mol. The van der Waals surface area contributed by atoms with E-state index >= 15 is 0 Å². The van der Waals surface area contributed by atoms with Crippen molar-refractivity contribution < 1.29 is 27.6 Å². The van der Waals surface area contributed by atoms with E-state index in [4.69, 9.17) is 11.6 Å². The van der Waals surface area contributed by atoms with E-state index in [0.717, 1.165) is 11.3 Å². The highest BCUT2D eigenvalue weighted by Gasteiger charge is 2.28. The molecule has 0 radical (unpaired) electrons. The van der Waals surface area contributed by atoms with Gasteiger partial charge >= 0.3 is 6.18 Å². The molecule has 0 aliphatic rings. The van der Waals surface area contributed by atoms with Crippen molar-refractivity contribution in [3.05, 3.63) is 51.2 Å². The van der Waals surface area contributed by atoms with Gasteiger partial charge in [0.05, 0.1) is 20.5 Å². The van der Waals surface area contributed by atoms with E-state index in [1.165, 1.54) is 24.3 Å². The Balaban J connectivity index is 1.95. The molecule has 2 amide bonds. The van der Waals surface area contributed by atoms with Crippen LogP contribution in [0.4, 0.5) is 18.9 Å². The van der Waals surface area contributed by atoms with Crippen LogP contribution in [0.1, 0.15) is 32.9 Å². The van der Waals surface area contributed by atoms with Crippen molar-refractivity contribution in [2.45, 2.75) is 19.0 Å². The summed E-state index contributed by atoms with van der Waals surface area (Å²) in [5.41, 5.74) is -0.0414. The maximum Gasteiger partial charge on any atom is 0.405 e. The number of para-hydroxylation sites is 1. The molecule has 2 aromatic rings. The van der Waals surface area contributed by atoms with Gasteiger partial charge in [-0.25, -0.2) is 0 Å². The van der Waals surface area contributed by atoms with E-state index in [2.05, 4.69) is 5.32 Å². The summed E-state index contributed by atoms with van der Waals surface area (Å²) in [6.45, 7) is -1.48. The van der Waals surface area contributed by atoms with Crippen LogP contribution in [0.3, 0.4) is 0 Å². The smallest absolute Gasteiger partial charge is 0.343 e. The van der Waals surface area contributed by atoms with Gasteiger partial charge in [0.1, 0.15) is 6.54 Å². The van der Waals surface area contributed by atoms with Crippen LogP contribution < -0.4 is 10.6 Å². The van der Waals surface area contributed by atoms with Crippen LogP contribution in [0.2, 0.25) is 4.34 Å². The average molecular weight is 419 g/mol. The second kappa shape index (κ2) is 9.01. The second-order valence-electron chi connectivity index (χ2n) is 5.42. The molecule has 0 saturated carbocycles. The van der Waals surface area contributed by atoms with Gasteiger partial charge in [-0.2, -0.15) is 13.2 Å². The zero-order valence-corrected chi connectivity index (χ0v) is 15.3. The first kappa shape index (κ1) is 20.9. The molecule has 0 spiro atoms. The van der Waals surface area contributed by atoms with E-state index in [1.54, 1.807) is 17.4 Å². The molecule has 0 aliphatic carbocycles. The van der Waals surface area contributed by atoms with Gasteiger partial charge in [0.25, 0.3) is 5.91 Å². The molecule has 1 aromatic carbocycles. The van der Waals surface area contributed by atoms with E-state index in [0.29, 0.717) is 9.21 Å². The molecule has 5 nitrogen and oxygen atoms in total. The van der Waals surface area contributed by atoms with E-state index in [1.807, 2.05) is 0 Å². The molecule has 0 fully saturated rings. The fourth-order valence-electron chi connectivity index (χ4n) is 2.09. The minimum atomic E-state index is -4.54. The predicted octanol–water partition coefficient (Wildman–Crippen LogP) is 4.30. The Morgan fingerprint density at radius 3 is 2.37 bits per heavy atom. The molecule has 1 heterocycles. The summed E-state index contributed by atoms with van der Waals surface area (Å²) in [5.74, 6) is -1.76. The normalized spacial score (nSPS) is 11.1. The summed E-state index contributed by atoms with van der Waals surface area (Å²) in [7, 11) is 0. The Bertz CT molecular complexity index is 852. The summed E-state index contributed by atoms with van der Waals surface area (Å²) in [5, 5.41) is 4.19. The summed E-state index contributed by atoms with van der Waals surface area (Å²) in [4.78, 5) is 36.4. The lowest BCUT2D eigenvalue weighted by Crippen LogP contribution is -2.34. The fourth-order valence-corrected chi connectivity index (χ4v) is 3.10. The van der Waals surface area contributed by atoms with Crippen molar-refractivity contribution in [3.8, 4) is 0 Å². The Morgan fingerprint density at radius 2 is 1.74 bits per heavy atom. The van der Waals surface area contributed by atoms with E-state index in [9.17, 15) is 27.6 Å². The van der Waals surface area contributed by atoms with Crippen LogP contribution >= 0.6 is 22.9 Å². The summed E-state index contributed by atoms with van der Waals surface area (Å²) in [6, 6.07) is 8.81. The molecule has 0 atom stereocenters. The monoisotopic (exact) mass is 418 g/mol. The standard InChI is InChI=1S/C17H14ClF3N2O3S/c18-14-7-6-13(27-14)12(24)5-8-15(25)23-11-4-2-1-3-10(11)16(26)22-9-17(19,20)21/h1-4,6-7H,5,8-9H2,(H,22,26)(H,23,25). The number of carbonyl (C=O) groups excluding carboxylic acids is 3. The van der Waals surface area contributed by atoms with E-state index in [-0.39, 0.29) is 29.9 Å². The number of hydrogen-bond donors (Lipinski definition) is 2. The maximum absolute atomic E-state index is 12.2. The predicted molar refractivity (Wildman–Crippen MR) is 96.4 cm³/mol. The Morgan fingerprint density at radius 1 is 1.04 bits per heavy atom. The van der Waals surface area contributed by atoms with Gasteiger partial charge in [-0.1, -0.05) is 23.7 Å². The van der Waals surface area contributed by atoms with Crippen molar-refractivity contribution in [2.24, 2.45) is 0 Å². The van der Waals surface area contributed by atoms with Gasteiger partial charge in [0.2, 0.25) is 5.91 Å². The number of rotatable bonds is 7. The third-order valence-corrected chi connectivity index (χ3v) is 4.59.